The van der Waals surface area contributed by atoms with Crippen LogP contribution in [0.1, 0.15) is 37.0 Å². The lowest BCUT2D eigenvalue weighted by Gasteiger charge is -2.13. The summed E-state index contributed by atoms with van der Waals surface area (Å²) < 4.78 is 6.61. The summed E-state index contributed by atoms with van der Waals surface area (Å²) >= 11 is 2.15. The van der Waals surface area contributed by atoms with Gasteiger partial charge in [-0.15, -0.1) is 0 Å². The van der Waals surface area contributed by atoms with Gasteiger partial charge >= 0.3 is 5.97 Å². The van der Waals surface area contributed by atoms with Gasteiger partial charge in [-0.3, -0.25) is 0 Å². The zero-order chi connectivity index (χ0) is 12.8. The molecule has 0 heterocycles. The molecule has 0 aliphatic rings. The van der Waals surface area contributed by atoms with Crippen molar-refractivity contribution in [2.75, 3.05) is 6.61 Å². The minimum absolute atomic E-state index is 0.267. The zero-order valence-corrected chi connectivity index (χ0v) is 12.2. The summed E-state index contributed by atoms with van der Waals surface area (Å²) in [4.78, 5) is 10.8. The van der Waals surface area contributed by atoms with Crippen molar-refractivity contribution < 1.29 is 14.6 Å². The molecule has 0 aliphatic carbocycles. The maximum absolute atomic E-state index is 10.8. The van der Waals surface area contributed by atoms with E-state index in [0.717, 1.165) is 16.4 Å². The average molecular weight is 348 g/mol. The van der Waals surface area contributed by atoms with Crippen LogP contribution < -0.4 is 4.74 Å². The number of carboxylic acid groups (broad SMARTS) is 1. The molecule has 1 atom stereocenters. The van der Waals surface area contributed by atoms with E-state index in [-0.39, 0.29) is 5.56 Å². The molecular formula is C13H17IO3. The summed E-state index contributed by atoms with van der Waals surface area (Å²) in [5, 5.41) is 8.90. The molecule has 17 heavy (non-hydrogen) atoms. The lowest BCUT2D eigenvalue weighted by molar-refractivity contribution is 0.0696. The van der Waals surface area contributed by atoms with E-state index in [4.69, 9.17) is 9.84 Å². The lowest BCUT2D eigenvalue weighted by atomic mass is 10.1. The third-order valence-corrected chi connectivity index (χ3v) is 3.37. The van der Waals surface area contributed by atoms with Crippen LogP contribution in [0.3, 0.4) is 0 Å². The highest BCUT2D eigenvalue weighted by Crippen LogP contribution is 2.23. The van der Waals surface area contributed by atoms with E-state index in [1.54, 1.807) is 18.2 Å². The molecule has 1 aromatic rings. The van der Waals surface area contributed by atoms with E-state index in [9.17, 15) is 4.79 Å². The molecule has 4 heteroatoms. The van der Waals surface area contributed by atoms with Crippen molar-refractivity contribution in [3.63, 3.8) is 0 Å². The van der Waals surface area contributed by atoms with Gasteiger partial charge < -0.3 is 9.84 Å². The van der Waals surface area contributed by atoms with Crippen LogP contribution in [0.2, 0.25) is 0 Å². The molecule has 1 aromatic carbocycles. The summed E-state index contributed by atoms with van der Waals surface area (Å²) in [6.07, 6.45) is 2.26. The highest BCUT2D eigenvalue weighted by molar-refractivity contribution is 14.1. The number of carboxylic acids is 1. The van der Waals surface area contributed by atoms with E-state index in [0.29, 0.717) is 18.3 Å². The van der Waals surface area contributed by atoms with Gasteiger partial charge in [-0.05, 0) is 53.1 Å². The van der Waals surface area contributed by atoms with Crippen molar-refractivity contribution in [3.05, 3.63) is 27.3 Å². The van der Waals surface area contributed by atoms with Crippen molar-refractivity contribution in [3.8, 4) is 5.75 Å². The predicted molar refractivity (Wildman–Crippen MR) is 75.7 cm³/mol. The topological polar surface area (TPSA) is 46.5 Å². The van der Waals surface area contributed by atoms with Gasteiger partial charge in [-0.25, -0.2) is 4.79 Å². The first-order valence-electron chi connectivity index (χ1n) is 5.70. The van der Waals surface area contributed by atoms with E-state index >= 15 is 0 Å². The third-order valence-electron chi connectivity index (χ3n) is 2.48. The van der Waals surface area contributed by atoms with Crippen molar-refractivity contribution in [1.82, 2.24) is 0 Å². The predicted octanol–water partition coefficient (Wildman–Crippen LogP) is 3.80. The monoisotopic (exact) mass is 348 g/mol. The molecule has 0 aliphatic heterocycles. The summed E-state index contributed by atoms with van der Waals surface area (Å²) in [5.74, 6) is 0.227. The molecule has 0 saturated heterocycles. The Morgan fingerprint density at radius 1 is 1.53 bits per heavy atom. The fourth-order valence-corrected chi connectivity index (χ4v) is 2.05. The Labute approximate surface area is 115 Å². The second kappa shape index (κ2) is 6.83. The molecule has 0 bridgehead atoms. The van der Waals surface area contributed by atoms with Crippen LogP contribution >= 0.6 is 22.6 Å². The number of carbonyl (C=O) groups is 1. The zero-order valence-electron chi connectivity index (χ0n) is 10.1. The van der Waals surface area contributed by atoms with Gasteiger partial charge in [-0.2, -0.15) is 0 Å². The third kappa shape index (κ3) is 4.53. The second-order valence-electron chi connectivity index (χ2n) is 4.16. The molecule has 1 N–H and O–H groups in total. The summed E-state index contributed by atoms with van der Waals surface area (Å²) in [5.41, 5.74) is 0.267. The minimum atomic E-state index is -0.923. The number of halogens is 1. The van der Waals surface area contributed by atoms with Gasteiger partial charge in [0.2, 0.25) is 0 Å². The van der Waals surface area contributed by atoms with E-state index in [1.807, 2.05) is 0 Å². The van der Waals surface area contributed by atoms with Gasteiger partial charge in [-0.1, -0.05) is 20.3 Å². The molecule has 0 amide bonds. The fourth-order valence-electron chi connectivity index (χ4n) is 1.56. The number of rotatable bonds is 6. The van der Waals surface area contributed by atoms with Crippen LogP contribution in [0.15, 0.2) is 18.2 Å². The van der Waals surface area contributed by atoms with E-state index in [1.165, 1.54) is 0 Å². The Morgan fingerprint density at radius 2 is 2.24 bits per heavy atom. The van der Waals surface area contributed by atoms with Crippen molar-refractivity contribution >= 4 is 28.6 Å². The molecule has 0 aromatic heterocycles. The van der Waals surface area contributed by atoms with Crippen molar-refractivity contribution in [2.45, 2.75) is 26.7 Å². The highest BCUT2D eigenvalue weighted by Gasteiger charge is 2.09. The normalized spacial score (nSPS) is 12.2. The van der Waals surface area contributed by atoms with Gasteiger partial charge in [0, 0.05) is 0 Å². The average Bonchev–Trinajstić information content (AvgIpc) is 2.28. The fraction of sp³-hybridized carbons (Fsp3) is 0.462. The number of ether oxygens (including phenoxy) is 1. The second-order valence-corrected chi connectivity index (χ2v) is 5.32. The summed E-state index contributed by atoms with van der Waals surface area (Å²) in [6, 6.07) is 4.94. The Hall–Kier alpha value is -0.780. The van der Waals surface area contributed by atoms with E-state index in [2.05, 4.69) is 36.4 Å². The molecule has 3 nitrogen and oxygen atoms in total. The first-order chi connectivity index (χ1) is 8.04. The van der Waals surface area contributed by atoms with Gasteiger partial charge in [0.1, 0.15) is 5.75 Å². The van der Waals surface area contributed by atoms with Crippen LogP contribution in [-0.4, -0.2) is 17.7 Å². The molecule has 0 saturated carbocycles. The quantitative estimate of drug-likeness (QED) is 0.796. The number of hydrogen-bond donors (Lipinski definition) is 1. The van der Waals surface area contributed by atoms with Crippen molar-refractivity contribution in [1.29, 1.82) is 0 Å². The molecule has 0 spiro atoms. The lowest BCUT2D eigenvalue weighted by Crippen LogP contribution is -2.09. The minimum Gasteiger partial charge on any atom is -0.492 e. The molecule has 1 unspecified atom stereocenters. The Kier molecular flexibility index (Phi) is 5.74. The molecule has 1 rings (SSSR count). The van der Waals surface area contributed by atoms with Crippen LogP contribution in [0, 0.1) is 9.49 Å². The standard InChI is InChI=1S/C13H17IO3/c1-3-4-9(2)8-17-12-7-10(13(15)16)5-6-11(12)14/h5-7,9H,3-4,8H2,1-2H3,(H,15,16). The molecule has 94 valence electrons. The largest absolute Gasteiger partial charge is 0.492 e. The summed E-state index contributed by atoms with van der Waals surface area (Å²) in [7, 11) is 0. The first-order valence-corrected chi connectivity index (χ1v) is 6.78. The maximum Gasteiger partial charge on any atom is 0.335 e. The van der Waals surface area contributed by atoms with Crippen LogP contribution in [0.5, 0.6) is 5.75 Å². The number of benzene rings is 1. The molecule has 0 radical (unpaired) electrons. The van der Waals surface area contributed by atoms with E-state index < -0.39 is 5.97 Å². The first kappa shape index (κ1) is 14.3. The van der Waals surface area contributed by atoms with Crippen LogP contribution in [-0.2, 0) is 0 Å². The highest BCUT2D eigenvalue weighted by atomic mass is 127. The Bertz CT molecular complexity index is 390. The van der Waals surface area contributed by atoms with Gasteiger partial charge in [0.25, 0.3) is 0 Å². The SMILES string of the molecule is CCCC(C)COc1cc(C(=O)O)ccc1I. The maximum atomic E-state index is 10.8. The van der Waals surface area contributed by atoms with Crippen molar-refractivity contribution in [2.24, 2.45) is 5.92 Å². The Morgan fingerprint density at radius 3 is 2.82 bits per heavy atom. The van der Waals surface area contributed by atoms with Gasteiger partial charge in [0.05, 0.1) is 15.7 Å². The summed E-state index contributed by atoms with van der Waals surface area (Å²) in [6.45, 7) is 4.91. The van der Waals surface area contributed by atoms with Gasteiger partial charge in [0.15, 0.2) is 0 Å². The number of hydrogen-bond acceptors (Lipinski definition) is 2. The Balaban J connectivity index is 2.69. The molecule has 0 fully saturated rings. The number of aromatic carboxylic acids is 1. The van der Waals surface area contributed by atoms with Crippen LogP contribution in [0.25, 0.3) is 0 Å². The molecular weight excluding hydrogens is 331 g/mol. The smallest absolute Gasteiger partial charge is 0.335 e. The van der Waals surface area contributed by atoms with Crippen LogP contribution in [0.4, 0.5) is 0 Å².